The van der Waals surface area contributed by atoms with Crippen LogP contribution in [-0.2, 0) is 11.3 Å². The number of hydrogen-bond acceptors (Lipinski definition) is 7. The number of rotatable bonds is 5. The van der Waals surface area contributed by atoms with Crippen molar-refractivity contribution in [2.75, 3.05) is 63.9 Å². The fourth-order valence-electron chi connectivity index (χ4n) is 3.94. The van der Waals surface area contributed by atoms with Gasteiger partial charge in [-0.15, -0.1) is 5.10 Å². The summed E-state index contributed by atoms with van der Waals surface area (Å²) in [6.07, 6.45) is 0. The number of hydrogen-bond donors (Lipinski definition) is 0. The second-order valence-electron chi connectivity index (χ2n) is 8.07. The van der Waals surface area contributed by atoms with E-state index in [1.807, 2.05) is 11.4 Å². The Morgan fingerprint density at radius 3 is 2.41 bits per heavy atom. The Kier molecular flexibility index (Phi) is 5.56. The highest BCUT2D eigenvalue weighted by Crippen LogP contribution is 2.18. The SMILES string of the molecule is Cc1cc(N2CCOCC2)n2nc(CN3CCN(CC(C)C)CC3)nc2n1. The molecule has 0 unspecified atom stereocenters. The molecule has 0 saturated carbocycles. The van der Waals surface area contributed by atoms with Gasteiger partial charge in [0.2, 0.25) is 0 Å². The summed E-state index contributed by atoms with van der Waals surface area (Å²) < 4.78 is 7.39. The highest BCUT2D eigenvalue weighted by atomic mass is 16.5. The minimum atomic E-state index is 0.699. The minimum Gasteiger partial charge on any atom is -0.378 e. The molecule has 8 heteroatoms. The second kappa shape index (κ2) is 8.08. The van der Waals surface area contributed by atoms with Gasteiger partial charge in [-0.05, 0) is 12.8 Å². The van der Waals surface area contributed by atoms with Crippen LogP contribution in [-0.4, -0.2) is 88.4 Å². The molecule has 148 valence electrons. The lowest BCUT2D eigenvalue weighted by atomic mass is 10.2. The van der Waals surface area contributed by atoms with Gasteiger partial charge in [0.15, 0.2) is 5.82 Å². The van der Waals surface area contributed by atoms with Crippen molar-refractivity contribution in [2.45, 2.75) is 27.3 Å². The number of aryl methyl sites for hydroxylation is 1. The number of morpholine rings is 1. The van der Waals surface area contributed by atoms with Crippen molar-refractivity contribution >= 4 is 11.6 Å². The van der Waals surface area contributed by atoms with Crippen molar-refractivity contribution in [1.82, 2.24) is 29.4 Å². The topological polar surface area (TPSA) is 62.0 Å². The highest BCUT2D eigenvalue weighted by molar-refractivity contribution is 5.47. The van der Waals surface area contributed by atoms with Gasteiger partial charge >= 0.3 is 0 Å². The summed E-state index contributed by atoms with van der Waals surface area (Å²) in [4.78, 5) is 16.6. The first kappa shape index (κ1) is 18.6. The van der Waals surface area contributed by atoms with Gasteiger partial charge < -0.3 is 14.5 Å². The first-order chi connectivity index (χ1) is 13.1. The third-order valence-corrected chi connectivity index (χ3v) is 5.25. The number of ether oxygens (including phenoxy) is 1. The lowest BCUT2D eigenvalue weighted by Crippen LogP contribution is -2.47. The maximum Gasteiger partial charge on any atom is 0.254 e. The normalized spacial score (nSPS) is 20.1. The number of piperazine rings is 1. The van der Waals surface area contributed by atoms with Crippen LogP contribution in [0.3, 0.4) is 0 Å². The monoisotopic (exact) mass is 373 g/mol. The predicted molar refractivity (Wildman–Crippen MR) is 105 cm³/mol. The average molecular weight is 374 g/mol. The average Bonchev–Trinajstić information content (AvgIpc) is 3.05. The van der Waals surface area contributed by atoms with E-state index in [4.69, 9.17) is 14.8 Å². The van der Waals surface area contributed by atoms with Gasteiger partial charge in [-0.1, -0.05) is 13.8 Å². The number of anilines is 1. The van der Waals surface area contributed by atoms with Crippen LogP contribution in [0.2, 0.25) is 0 Å². The summed E-state index contributed by atoms with van der Waals surface area (Å²) >= 11 is 0. The molecule has 4 rings (SSSR count). The molecule has 27 heavy (non-hydrogen) atoms. The number of fused-ring (bicyclic) bond motifs is 1. The summed E-state index contributed by atoms with van der Waals surface area (Å²) in [6, 6.07) is 2.10. The van der Waals surface area contributed by atoms with Gasteiger partial charge in [-0.25, -0.2) is 4.98 Å². The van der Waals surface area contributed by atoms with Gasteiger partial charge in [-0.2, -0.15) is 9.50 Å². The molecular formula is C19H31N7O. The van der Waals surface area contributed by atoms with E-state index in [2.05, 4.69) is 39.6 Å². The molecule has 0 aliphatic carbocycles. The van der Waals surface area contributed by atoms with E-state index in [1.54, 1.807) is 0 Å². The van der Waals surface area contributed by atoms with Gasteiger partial charge in [0, 0.05) is 57.6 Å². The van der Waals surface area contributed by atoms with Crippen LogP contribution in [0.4, 0.5) is 5.82 Å². The van der Waals surface area contributed by atoms with Crippen LogP contribution in [0.15, 0.2) is 6.07 Å². The van der Waals surface area contributed by atoms with Gasteiger partial charge in [0.25, 0.3) is 5.78 Å². The standard InChI is InChI=1S/C19H31N7O/c1-15(2)13-23-4-6-24(7-5-23)14-17-21-19-20-16(3)12-18(26(19)22-17)25-8-10-27-11-9-25/h12,15H,4-11,13-14H2,1-3H3. The number of nitrogens with zero attached hydrogens (tertiary/aromatic N) is 7. The fraction of sp³-hybridized carbons (Fsp3) is 0.737. The molecule has 4 heterocycles. The Morgan fingerprint density at radius 1 is 1.00 bits per heavy atom. The van der Waals surface area contributed by atoms with E-state index < -0.39 is 0 Å². The minimum absolute atomic E-state index is 0.699. The van der Waals surface area contributed by atoms with E-state index in [1.165, 1.54) is 6.54 Å². The zero-order valence-electron chi connectivity index (χ0n) is 16.8. The molecule has 0 amide bonds. The highest BCUT2D eigenvalue weighted by Gasteiger charge is 2.21. The Labute approximate surface area is 161 Å². The Bertz CT molecular complexity index is 761. The zero-order valence-corrected chi connectivity index (χ0v) is 16.8. The lowest BCUT2D eigenvalue weighted by Gasteiger charge is -2.34. The summed E-state index contributed by atoms with van der Waals surface area (Å²) in [7, 11) is 0. The van der Waals surface area contributed by atoms with Crippen LogP contribution in [0.5, 0.6) is 0 Å². The quantitative estimate of drug-likeness (QED) is 0.776. The van der Waals surface area contributed by atoms with Gasteiger partial charge in [-0.3, -0.25) is 4.90 Å². The van der Waals surface area contributed by atoms with E-state index in [9.17, 15) is 0 Å². The van der Waals surface area contributed by atoms with E-state index in [0.29, 0.717) is 5.78 Å². The Morgan fingerprint density at radius 2 is 1.70 bits per heavy atom. The maximum absolute atomic E-state index is 5.49. The zero-order chi connectivity index (χ0) is 18.8. The smallest absolute Gasteiger partial charge is 0.254 e. The molecule has 0 N–H and O–H groups in total. The Hall–Kier alpha value is -1.77. The fourth-order valence-corrected chi connectivity index (χ4v) is 3.94. The molecule has 0 atom stereocenters. The van der Waals surface area contributed by atoms with Gasteiger partial charge in [0.05, 0.1) is 19.8 Å². The van der Waals surface area contributed by atoms with Crippen molar-refractivity contribution in [3.8, 4) is 0 Å². The summed E-state index contributed by atoms with van der Waals surface area (Å²) in [5.41, 5.74) is 0.977. The largest absolute Gasteiger partial charge is 0.378 e. The van der Waals surface area contributed by atoms with Crippen molar-refractivity contribution in [2.24, 2.45) is 5.92 Å². The van der Waals surface area contributed by atoms with Crippen LogP contribution >= 0.6 is 0 Å². The molecule has 2 fully saturated rings. The van der Waals surface area contributed by atoms with E-state index >= 15 is 0 Å². The van der Waals surface area contributed by atoms with Crippen molar-refractivity contribution in [3.05, 3.63) is 17.6 Å². The number of aromatic nitrogens is 4. The van der Waals surface area contributed by atoms with Crippen LogP contribution in [0.1, 0.15) is 25.4 Å². The van der Waals surface area contributed by atoms with E-state index in [0.717, 1.165) is 82.3 Å². The predicted octanol–water partition coefficient (Wildman–Crippen LogP) is 1.04. The van der Waals surface area contributed by atoms with Gasteiger partial charge in [0.1, 0.15) is 5.82 Å². The summed E-state index contributed by atoms with van der Waals surface area (Å²) in [6.45, 7) is 16.2. The molecule has 0 radical (unpaired) electrons. The molecule has 2 saturated heterocycles. The molecule has 2 aromatic heterocycles. The molecule has 2 aliphatic heterocycles. The van der Waals surface area contributed by atoms with Crippen molar-refractivity contribution in [3.63, 3.8) is 0 Å². The molecule has 8 nitrogen and oxygen atoms in total. The summed E-state index contributed by atoms with van der Waals surface area (Å²) in [5, 5.41) is 4.80. The lowest BCUT2D eigenvalue weighted by molar-refractivity contribution is 0.115. The van der Waals surface area contributed by atoms with Crippen LogP contribution < -0.4 is 4.90 Å². The molecule has 2 aliphatic rings. The summed E-state index contributed by atoms with van der Waals surface area (Å²) in [5.74, 6) is 3.36. The maximum atomic E-state index is 5.49. The second-order valence-corrected chi connectivity index (χ2v) is 8.07. The molecule has 0 aromatic carbocycles. The van der Waals surface area contributed by atoms with Crippen molar-refractivity contribution < 1.29 is 4.74 Å². The third kappa shape index (κ3) is 4.39. The van der Waals surface area contributed by atoms with Crippen LogP contribution in [0, 0.1) is 12.8 Å². The Balaban J connectivity index is 1.47. The third-order valence-electron chi connectivity index (χ3n) is 5.25. The molecule has 0 spiro atoms. The first-order valence-corrected chi connectivity index (χ1v) is 10.1. The molecular weight excluding hydrogens is 342 g/mol. The van der Waals surface area contributed by atoms with Crippen LogP contribution in [0.25, 0.3) is 5.78 Å². The first-order valence-electron chi connectivity index (χ1n) is 10.1. The van der Waals surface area contributed by atoms with E-state index in [-0.39, 0.29) is 0 Å². The van der Waals surface area contributed by atoms with Crippen molar-refractivity contribution in [1.29, 1.82) is 0 Å². The molecule has 0 bridgehead atoms. The molecule has 2 aromatic rings.